The van der Waals surface area contributed by atoms with Crippen LogP contribution in [0.25, 0.3) is 0 Å². The number of carbonyl (C=O) groups excluding carboxylic acids is 2. The Morgan fingerprint density at radius 3 is 2.67 bits per heavy atom. The first-order valence-electron chi connectivity index (χ1n) is 5.40. The number of hydrogen-bond donors (Lipinski definition) is 0. The molecule has 0 fully saturated rings. The van der Waals surface area contributed by atoms with E-state index in [1.807, 2.05) is 19.9 Å². The summed E-state index contributed by atoms with van der Waals surface area (Å²) in [6, 6.07) is 2.56. The highest BCUT2D eigenvalue weighted by molar-refractivity contribution is 9.10. The fourth-order valence-corrected chi connectivity index (χ4v) is 2.09. The number of allylic oxidation sites excluding steroid dienone is 1. The van der Waals surface area contributed by atoms with E-state index < -0.39 is 17.5 Å². The van der Waals surface area contributed by atoms with Gasteiger partial charge in [0.05, 0.1) is 15.7 Å². The zero-order chi connectivity index (χ0) is 13.4. The monoisotopic (exact) mass is 311 g/mol. The molecule has 0 saturated carbocycles. The van der Waals surface area contributed by atoms with Crippen molar-refractivity contribution < 1.29 is 14.0 Å². The third-order valence-electron chi connectivity index (χ3n) is 2.70. The number of halogens is 2. The summed E-state index contributed by atoms with van der Waals surface area (Å²) >= 11 is 3.01. The highest BCUT2D eigenvalue weighted by atomic mass is 79.9. The molecule has 0 unspecified atom stereocenters. The molecule has 0 aromatic heterocycles. The molecule has 0 spiro atoms. The van der Waals surface area contributed by atoms with Crippen LogP contribution in [0.1, 0.15) is 24.2 Å². The van der Waals surface area contributed by atoms with Gasteiger partial charge in [0, 0.05) is 6.54 Å². The molecule has 1 aliphatic heterocycles. The lowest BCUT2D eigenvalue weighted by Crippen LogP contribution is -2.29. The molecule has 0 N–H and O–H groups in total. The SMILES string of the molecule is CC(C)=CCN1C(=O)C(=O)c2cc(Br)c(F)cc21. The number of carbonyl (C=O) groups is 2. The van der Waals surface area contributed by atoms with Crippen molar-refractivity contribution in [3.05, 3.63) is 39.6 Å². The molecule has 1 amide bonds. The summed E-state index contributed by atoms with van der Waals surface area (Å²) in [4.78, 5) is 24.9. The van der Waals surface area contributed by atoms with E-state index in [-0.39, 0.29) is 16.6 Å². The van der Waals surface area contributed by atoms with E-state index in [0.717, 1.165) is 5.57 Å². The summed E-state index contributed by atoms with van der Waals surface area (Å²) in [6.07, 6.45) is 1.82. The maximum Gasteiger partial charge on any atom is 0.299 e. The lowest BCUT2D eigenvalue weighted by atomic mass is 10.1. The van der Waals surface area contributed by atoms with Gasteiger partial charge in [0.1, 0.15) is 5.82 Å². The minimum atomic E-state index is -0.611. The van der Waals surface area contributed by atoms with Gasteiger partial charge < -0.3 is 4.90 Å². The first-order chi connectivity index (χ1) is 8.41. The van der Waals surface area contributed by atoms with Gasteiger partial charge in [-0.2, -0.15) is 0 Å². The van der Waals surface area contributed by atoms with Gasteiger partial charge in [-0.05, 0) is 41.9 Å². The molecule has 1 aliphatic rings. The van der Waals surface area contributed by atoms with Crippen LogP contribution in [0.5, 0.6) is 0 Å². The van der Waals surface area contributed by atoms with Crippen LogP contribution in [-0.4, -0.2) is 18.2 Å². The zero-order valence-corrected chi connectivity index (χ0v) is 11.5. The Hall–Kier alpha value is -1.49. The molecule has 1 heterocycles. The van der Waals surface area contributed by atoms with Crippen LogP contribution < -0.4 is 4.90 Å². The Kier molecular flexibility index (Phi) is 3.34. The normalized spacial score (nSPS) is 13.9. The highest BCUT2D eigenvalue weighted by Gasteiger charge is 2.36. The Labute approximate surface area is 112 Å². The molecule has 3 nitrogen and oxygen atoms in total. The third-order valence-corrected chi connectivity index (χ3v) is 3.30. The van der Waals surface area contributed by atoms with Crippen molar-refractivity contribution in [2.45, 2.75) is 13.8 Å². The van der Waals surface area contributed by atoms with Gasteiger partial charge in [-0.25, -0.2) is 4.39 Å². The molecule has 0 atom stereocenters. The van der Waals surface area contributed by atoms with Crippen LogP contribution >= 0.6 is 15.9 Å². The Morgan fingerprint density at radius 2 is 2.06 bits per heavy atom. The number of Topliss-reactive ketones (excluding diaryl/α,β-unsaturated/α-hetero) is 1. The van der Waals surface area contributed by atoms with Gasteiger partial charge >= 0.3 is 0 Å². The smallest absolute Gasteiger partial charge is 0.299 e. The minimum absolute atomic E-state index is 0.187. The van der Waals surface area contributed by atoms with Crippen LogP contribution in [0, 0.1) is 5.82 Å². The molecule has 18 heavy (non-hydrogen) atoms. The molecular formula is C13H11BrFNO2. The van der Waals surface area contributed by atoms with Crippen LogP contribution in [0.2, 0.25) is 0 Å². The Morgan fingerprint density at radius 1 is 1.39 bits per heavy atom. The summed E-state index contributed by atoms with van der Waals surface area (Å²) in [7, 11) is 0. The molecule has 0 aliphatic carbocycles. The van der Waals surface area contributed by atoms with Crippen molar-refractivity contribution in [3.8, 4) is 0 Å². The summed E-state index contributed by atoms with van der Waals surface area (Å²) in [6.45, 7) is 4.07. The quantitative estimate of drug-likeness (QED) is 0.622. The topological polar surface area (TPSA) is 37.4 Å². The van der Waals surface area contributed by atoms with E-state index in [9.17, 15) is 14.0 Å². The van der Waals surface area contributed by atoms with E-state index in [4.69, 9.17) is 0 Å². The largest absolute Gasteiger partial charge is 0.301 e. The van der Waals surface area contributed by atoms with E-state index in [0.29, 0.717) is 5.69 Å². The predicted molar refractivity (Wildman–Crippen MR) is 70.2 cm³/mol. The molecule has 1 aromatic rings. The maximum atomic E-state index is 13.5. The second-order valence-corrected chi connectivity index (χ2v) is 5.16. The first kappa shape index (κ1) is 13.0. The van der Waals surface area contributed by atoms with Crippen LogP contribution in [0.4, 0.5) is 10.1 Å². The van der Waals surface area contributed by atoms with Gasteiger partial charge in [0.2, 0.25) is 0 Å². The van der Waals surface area contributed by atoms with Gasteiger partial charge in [-0.15, -0.1) is 0 Å². The summed E-state index contributed by atoms with van der Waals surface area (Å²) in [5, 5.41) is 0. The van der Waals surface area contributed by atoms with E-state index >= 15 is 0 Å². The summed E-state index contributed by atoms with van der Waals surface area (Å²) in [5.41, 5.74) is 1.61. The fraction of sp³-hybridized carbons (Fsp3) is 0.231. The molecule has 2 rings (SSSR count). The predicted octanol–water partition coefficient (Wildman–Crippen LogP) is 3.08. The van der Waals surface area contributed by atoms with E-state index in [1.54, 1.807) is 0 Å². The molecule has 5 heteroatoms. The molecule has 0 saturated heterocycles. The number of benzene rings is 1. The number of anilines is 1. The fourth-order valence-electron chi connectivity index (χ4n) is 1.74. The average molecular weight is 312 g/mol. The van der Waals surface area contributed by atoms with Crippen molar-refractivity contribution in [2.75, 3.05) is 11.4 Å². The standard InChI is InChI=1S/C13H11BrFNO2/c1-7(2)3-4-16-11-6-10(15)9(14)5-8(11)12(17)13(16)18/h3,5-6H,4H2,1-2H3. The zero-order valence-electron chi connectivity index (χ0n) is 9.96. The second kappa shape index (κ2) is 4.65. The van der Waals surface area contributed by atoms with Crippen molar-refractivity contribution >= 4 is 33.3 Å². The number of rotatable bonds is 2. The summed E-state index contributed by atoms with van der Waals surface area (Å²) in [5.74, 6) is -1.69. The average Bonchev–Trinajstić information content (AvgIpc) is 2.51. The molecule has 1 aromatic carbocycles. The van der Waals surface area contributed by atoms with Crippen molar-refractivity contribution in [2.24, 2.45) is 0 Å². The summed E-state index contributed by atoms with van der Waals surface area (Å²) < 4.78 is 13.7. The number of ketones is 1. The van der Waals surface area contributed by atoms with E-state index in [1.165, 1.54) is 17.0 Å². The third kappa shape index (κ3) is 2.10. The Bertz CT molecular complexity index is 577. The maximum absolute atomic E-state index is 13.5. The lowest BCUT2D eigenvalue weighted by molar-refractivity contribution is -0.114. The van der Waals surface area contributed by atoms with Crippen molar-refractivity contribution in [1.29, 1.82) is 0 Å². The van der Waals surface area contributed by atoms with Crippen LogP contribution in [0.15, 0.2) is 28.3 Å². The Balaban J connectivity index is 2.48. The van der Waals surface area contributed by atoms with Crippen LogP contribution in [0.3, 0.4) is 0 Å². The molecule has 0 bridgehead atoms. The molecular weight excluding hydrogens is 301 g/mol. The van der Waals surface area contributed by atoms with Gasteiger partial charge in [-0.3, -0.25) is 9.59 Å². The van der Waals surface area contributed by atoms with Gasteiger partial charge in [-0.1, -0.05) is 11.6 Å². The highest BCUT2D eigenvalue weighted by Crippen LogP contribution is 2.33. The first-order valence-corrected chi connectivity index (χ1v) is 6.19. The minimum Gasteiger partial charge on any atom is -0.301 e. The number of nitrogens with zero attached hydrogens (tertiary/aromatic N) is 1. The number of amides is 1. The van der Waals surface area contributed by atoms with Crippen molar-refractivity contribution in [1.82, 2.24) is 0 Å². The molecule has 0 radical (unpaired) electrons. The van der Waals surface area contributed by atoms with Gasteiger partial charge in [0.15, 0.2) is 0 Å². The number of fused-ring (bicyclic) bond motifs is 1. The lowest BCUT2D eigenvalue weighted by Gasteiger charge is -2.14. The van der Waals surface area contributed by atoms with Gasteiger partial charge in [0.25, 0.3) is 11.7 Å². The van der Waals surface area contributed by atoms with Crippen LogP contribution in [-0.2, 0) is 4.79 Å². The molecule has 94 valence electrons. The van der Waals surface area contributed by atoms with Crippen molar-refractivity contribution in [3.63, 3.8) is 0 Å². The van der Waals surface area contributed by atoms with E-state index in [2.05, 4.69) is 15.9 Å². The number of hydrogen-bond acceptors (Lipinski definition) is 2. The second-order valence-electron chi connectivity index (χ2n) is 4.31.